The highest BCUT2D eigenvalue weighted by Crippen LogP contribution is 2.43. The zero-order valence-electron chi connectivity index (χ0n) is 16.9. The first-order chi connectivity index (χ1) is 13.9. The summed E-state index contributed by atoms with van der Waals surface area (Å²) >= 11 is 0. The molecule has 1 saturated carbocycles. The molecule has 2 fully saturated rings. The van der Waals surface area contributed by atoms with Crippen molar-refractivity contribution in [1.29, 1.82) is 0 Å². The van der Waals surface area contributed by atoms with Crippen molar-refractivity contribution in [2.75, 3.05) is 19.7 Å². The average Bonchev–Trinajstić information content (AvgIpc) is 2.97. The molecule has 1 aromatic carbocycles. The Morgan fingerprint density at radius 1 is 1.24 bits per heavy atom. The van der Waals surface area contributed by atoms with Gasteiger partial charge in [-0.25, -0.2) is 4.39 Å². The number of amides is 3. The van der Waals surface area contributed by atoms with E-state index in [0.717, 1.165) is 32.1 Å². The summed E-state index contributed by atoms with van der Waals surface area (Å²) in [5.41, 5.74) is -1.43. The summed E-state index contributed by atoms with van der Waals surface area (Å²) in [7, 11) is 0. The summed E-state index contributed by atoms with van der Waals surface area (Å²) in [6.45, 7) is 2.07. The van der Waals surface area contributed by atoms with Crippen LogP contribution in [0, 0.1) is 5.82 Å². The van der Waals surface area contributed by atoms with Gasteiger partial charge in [-0.15, -0.1) is 0 Å². The highest BCUT2D eigenvalue weighted by Gasteiger charge is 2.56. The first-order valence-electron chi connectivity index (χ1n) is 10.4. The Balaban J connectivity index is 2.00. The SMILES string of the molecule is CCN(CCO)C(=O)C[C@@]1(c2ccccc2F)CC(=O)N(C2CCCCC2)C1=O. The number of aliphatic hydroxyl groups is 1. The van der Waals surface area contributed by atoms with Gasteiger partial charge in [-0.1, -0.05) is 37.5 Å². The lowest BCUT2D eigenvalue weighted by molar-refractivity contribution is -0.145. The van der Waals surface area contributed by atoms with E-state index in [9.17, 15) is 23.9 Å². The van der Waals surface area contributed by atoms with Crippen molar-refractivity contribution < 1.29 is 23.9 Å². The maximum absolute atomic E-state index is 14.8. The van der Waals surface area contributed by atoms with Crippen LogP contribution in [0.25, 0.3) is 0 Å². The topological polar surface area (TPSA) is 77.9 Å². The second-order valence-corrected chi connectivity index (χ2v) is 7.97. The number of rotatable bonds is 7. The summed E-state index contributed by atoms with van der Waals surface area (Å²) in [4.78, 5) is 42.3. The van der Waals surface area contributed by atoms with Crippen LogP contribution in [0.15, 0.2) is 24.3 Å². The standard InChI is InChI=1S/C22H29FN2O4/c1-2-24(12-13-26)19(27)14-22(17-10-6-7-11-18(17)23)15-20(28)25(21(22)29)16-8-4-3-5-9-16/h6-7,10-11,16,26H,2-5,8-9,12-15H2,1H3/t22-/m0/s1. The molecule has 1 aliphatic heterocycles. The zero-order valence-corrected chi connectivity index (χ0v) is 16.9. The maximum atomic E-state index is 14.8. The lowest BCUT2D eigenvalue weighted by Crippen LogP contribution is -2.47. The quantitative estimate of drug-likeness (QED) is 0.708. The number of carbonyl (C=O) groups excluding carboxylic acids is 3. The normalized spacial score (nSPS) is 22.9. The van der Waals surface area contributed by atoms with E-state index >= 15 is 0 Å². The second kappa shape index (κ2) is 9.03. The lowest BCUT2D eigenvalue weighted by Gasteiger charge is -2.33. The molecule has 1 saturated heterocycles. The van der Waals surface area contributed by atoms with Gasteiger partial charge in [0, 0.05) is 37.5 Å². The van der Waals surface area contributed by atoms with Crippen LogP contribution in [-0.4, -0.2) is 58.4 Å². The molecule has 0 spiro atoms. The van der Waals surface area contributed by atoms with Crippen molar-refractivity contribution in [3.05, 3.63) is 35.6 Å². The molecule has 0 radical (unpaired) electrons. The van der Waals surface area contributed by atoms with E-state index in [0.29, 0.717) is 6.54 Å². The minimum atomic E-state index is -1.53. The highest BCUT2D eigenvalue weighted by molar-refractivity contribution is 6.11. The Morgan fingerprint density at radius 2 is 1.93 bits per heavy atom. The summed E-state index contributed by atoms with van der Waals surface area (Å²) in [5, 5.41) is 9.23. The second-order valence-electron chi connectivity index (χ2n) is 7.97. The number of halogens is 1. The van der Waals surface area contributed by atoms with Crippen molar-refractivity contribution in [3.8, 4) is 0 Å². The monoisotopic (exact) mass is 404 g/mol. The van der Waals surface area contributed by atoms with Gasteiger partial charge in [-0.05, 0) is 25.8 Å². The van der Waals surface area contributed by atoms with Crippen molar-refractivity contribution >= 4 is 17.7 Å². The Labute approximate surface area is 170 Å². The number of carbonyl (C=O) groups is 3. The van der Waals surface area contributed by atoms with Crippen molar-refractivity contribution in [2.45, 2.75) is 63.3 Å². The zero-order chi connectivity index (χ0) is 21.0. The largest absolute Gasteiger partial charge is 0.395 e. The molecule has 1 aliphatic carbocycles. The molecule has 0 bridgehead atoms. The van der Waals surface area contributed by atoms with Gasteiger partial charge in [-0.3, -0.25) is 19.3 Å². The fraction of sp³-hybridized carbons (Fsp3) is 0.591. The predicted molar refractivity (Wildman–Crippen MR) is 105 cm³/mol. The highest BCUT2D eigenvalue weighted by atomic mass is 19.1. The van der Waals surface area contributed by atoms with E-state index in [2.05, 4.69) is 0 Å². The first-order valence-corrected chi connectivity index (χ1v) is 10.4. The molecule has 3 amide bonds. The van der Waals surface area contributed by atoms with Crippen LogP contribution in [0.5, 0.6) is 0 Å². The summed E-state index contributed by atoms with van der Waals surface area (Å²) in [6, 6.07) is 5.73. The fourth-order valence-electron chi connectivity index (χ4n) is 4.71. The molecular weight excluding hydrogens is 375 g/mol. The van der Waals surface area contributed by atoms with E-state index in [4.69, 9.17) is 0 Å². The third-order valence-corrected chi connectivity index (χ3v) is 6.24. The van der Waals surface area contributed by atoms with Crippen LogP contribution in [-0.2, 0) is 19.8 Å². The number of hydrogen-bond donors (Lipinski definition) is 1. The van der Waals surface area contributed by atoms with Crippen molar-refractivity contribution in [1.82, 2.24) is 9.80 Å². The van der Waals surface area contributed by atoms with Gasteiger partial charge in [0.15, 0.2) is 0 Å². The van der Waals surface area contributed by atoms with Gasteiger partial charge in [0.05, 0.1) is 12.0 Å². The van der Waals surface area contributed by atoms with Crippen LogP contribution in [0.4, 0.5) is 4.39 Å². The van der Waals surface area contributed by atoms with E-state index in [-0.39, 0.29) is 49.4 Å². The minimum absolute atomic E-state index is 0.102. The van der Waals surface area contributed by atoms with Gasteiger partial charge >= 0.3 is 0 Å². The van der Waals surface area contributed by atoms with Crippen molar-refractivity contribution in [3.63, 3.8) is 0 Å². The van der Waals surface area contributed by atoms with Crippen LogP contribution in [0.3, 0.4) is 0 Å². The molecule has 0 unspecified atom stereocenters. The minimum Gasteiger partial charge on any atom is -0.395 e. The lowest BCUT2D eigenvalue weighted by atomic mass is 9.75. The number of hydrogen-bond acceptors (Lipinski definition) is 4. The molecule has 2 aliphatic rings. The van der Waals surface area contributed by atoms with Gasteiger partial charge in [0.1, 0.15) is 5.82 Å². The van der Waals surface area contributed by atoms with E-state index < -0.39 is 17.1 Å². The van der Waals surface area contributed by atoms with E-state index in [1.807, 2.05) is 0 Å². The fourth-order valence-corrected chi connectivity index (χ4v) is 4.71. The molecule has 0 aromatic heterocycles. The average molecular weight is 404 g/mol. The number of likely N-dealkylation sites (tertiary alicyclic amines) is 1. The summed E-state index contributed by atoms with van der Waals surface area (Å²) in [6.07, 6.45) is 4.01. The first kappa shape index (κ1) is 21.4. The van der Waals surface area contributed by atoms with Crippen molar-refractivity contribution in [2.24, 2.45) is 0 Å². The van der Waals surface area contributed by atoms with E-state index in [1.54, 1.807) is 13.0 Å². The van der Waals surface area contributed by atoms with Crippen LogP contribution in [0.2, 0.25) is 0 Å². The molecule has 1 aromatic rings. The van der Waals surface area contributed by atoms with Gasteiger partial charge < -0.3 is 10.0 Å². The molecule has 1 heterocycles. The molecular formula is C22H29FN2O4. The van der Waals surface area contributed by atoms with Crippen LogP contribution < -0.4 is 0 Å². The van der Waals surface area contributed by atoms with Gasteiger partial charge in [-0.2, -0.15) is 0 Å². The smallest absolute Gasteiger partial charge is 0.241 e. The van der Waals surface area contributed by atoms with Crippen LogP contribution >= 0.6 is 0 Å². The molecule has 158 valence electrons. The maximum Gasteiger partial charge on any atom is 0.241 e. The Hall–Kier alpha value is -2.28. The third kappa shape index (κ3) is 4.06. The number of nitrogens with zero attached hydrogens (tertiary/aromatic N) is 2. The molecule has 1 atom stereocenters. The predicted octanol–water partition coefficient (Wildman–Crippen LogP) is 2.39. The number of imide groups is 1. The van der Waals surface area contributed by atoms with Gasteiger partial charge in [0.2, 0.25) is 17.7 Å². The van der Waals surface area contributed by atoms with E-state index in [1.165, 1.54) is 28.0 Å². The molecule has 1 N–H and O–H groups in total. The third-order valence-electron chi connectivity index (χ3n) is 6.24. The Morgan fingerprint density at radius 3 is 2.55 bits per heavy atom. The summed E-state index contributed by atoms with van der Waals surface area (Å²) < 4.78 is 14.8. The Kier molecular flexibility index (Phi) is 6.67. The summed E-state index contributed by atoms with van der Waals surface area (Å²) in [5.74, 6) is -1.75. The molecule has 29 heavy (non-hydrogen) atoms. The number of likely N-dealkylation sites (N-methyl/N-ethyl adjacent to an activating group) is 1. The van der Waals surface area contributed by atoms with Crippen LogP contribution in [0.1, 0.15) is 57.4 Å². The molecule has 7 heteroatoms. The van der Waals surface area contributed by atoms with Gasteiger partial charge in [0.25, 0.3) is 0 Å². The Bertz CT molecular complexity index is 778. The number of benzene rings is 1. The number of aliphatic hydroxyl groups excluding tert-OH is 1. The molecule has 3 rings (SSSR count). The molecule has 6 nitrogen and oxygen atoms in total.